The Morgan fingerprint density at radius 3 is 2.78 bits per heavy atom. The Kier molecular flexibility index (Phi) is 3.11. The second kappa shape index (κ2) is 4.90. The summed E-state index contributed by atoms with van der Waals surface area (Å²) in [6.45, 7) is 0. The topological polar surface area (TPSA) is 29.9 Å². The second-order valence-corrected chi connectivity index (χ2v) is 4.92. The molecular weight excluding hydrogens is 242 g/mol. The number of thiocarbonyl (C=S) groups is 1. The van der Waals surface area contributed by atoms with Crippen molar-refractivity contribution >= 4 is 23.0 Å². The van der Waals surface area contributed by atoms with Gasteiger partial charge in [0.25, 0.3) is 0 Å². The van der Waals surface area contributed by atoms with Crippen LogP contribution in [0.1, 0.15) is 24.1 Å². The monoisotopic (exact) mass is 257 g/mol. The van der Waals surface area contributed by atoms with E-state index < -0.39 is 0 Å². The van der Waals surface area contributed by atoms with E-state index in [0.717, 1.165) is 18.5 Å². The normalized spacial score (nSPS) is 14.0. The molecule has 1 aromatic carbocycles. The Morgan fingerprint density at radius 1 is 1.17 bits per heavy atom. The van der Waals surface area contributed by atoms with Crippen LogP contribution in [-0.2, 0) is 12.8 Å². The van der Waals surface area contributed by atoms with E-state index in [9.17, 15) is 0 Å². The van der Waals surface area contributed by atoms with Gasteiger partial charge >= 0.3 is 0 Å². The van der Waals surface area contributed by atoms with Crippen LogP contribution in [0, 0.1) is 0 Å². The summed E-state index contributed by atoms with van der Waals surface area (Å²) in [5.74, 6) is 0. The lowest BCUT2D eigenvalue weighted by atomic mass is 9.98. The first-order valence-corrected chi connectivity index (χ1v) is 6.67. The average molecular weight is 257 g/mol. The summed E-state index contributed by atoms with van der Waals surface area (Å²) >= 11 is 5.43. The maximum absolute atomic E-state index is 5.43. The van der Waals surface area contributed by atoms with E-state index in [0.29, 0.717) is 5.11 Å². The minimum absolute atomic E-state index is 0.657. The van der Waals surface area contributed by atoms with Crippen molar-refractivity contribution in [1.82, 2.24) is 9.78 Å². The van der Waals surface area contributed by atoms with Gasteiger partial charge in [0.1, 0.15) is 0 Å². The molecule has 0 aliphatic heterocycles. The minimum atomic E-state index is 0.657. The molecule has 0 fully saturated rings. The van der Waals surface area contributed by atoms with E-state index in [1.54, 1.807) is 0 Å². The van der Waals surface area contributed by atoms with Crippen LogP contribution in [0.3, 0.4) is 0 Å². The first kappa shape index (κ1) is 11.4. The number of aryl methyl sites for hydroxylation is 1. The van der Waals surface area contributed by atoms with Crippen LogP contribution < -0.4 is 5.32 Å². The van der Waals surface area contributed by atoms with Gasteiger partial charge in [0.2, 0.25) is 0 Å². The number of nitrogens with zero attached hydrogens (tertiary/aromatic N) is 2. The first-order chi connectivity index (χ1) is 8.84. The fourth-order valence-corrected chi connectivity index (χ4v) is 2.64. The quantitative estimate of drug-likeness (QED) is 0.796. The van der Waals surface area contributed by atoms with E-state index in [1.807, 2.05) is 41.2 Å². The van der Waals surface area contributed by atoms with Gasteiger partial charge in [0.15, 0.2) is 5.11 Å². The Labute approximate surface area is 112 Å². The fourth-order valence-electron chi connectivity index (χ4n) is 2.36. The van der Waals surface area contributed by atoms with E-state index >= 15 is 0 Å². The summed E-state index contributed by atoms with van der Waals surface area (Å²) in [5.41, 5.74) is 3.62. The Balaban J connectivity index is 1.83. The van der Waals surface area contributed by atoms with Crippen LogP contribution in [0.2, 0.25) is 0 Å². The van der Waals surface area contributed by atoms with E-state index in [1.165, 1.54) is 24.1 Å². The first-order valence-electron chi connectivity index (χ1n) is 6.27. The molecule has 1 N–H and O–H groups in total. The summed E-state index contributed by atoms with van der Waals surface area (Å²) in [5, 5.41) is 8.29. The van der Waals surface area contributed by atoms with Crippen LogP contribution in [0.25, 0.3) is 0 Å². The van der Waals surface area contributed by atoms with Crippen LogP contribution >= 0.6 is 12.2 Å². The highest BCUT2D eigenvalue weighted by atomic mass is 32.1. The number of benzene rings is 1. The molecule has 92 valence electrons. The summed E-state index contributed by atoms with van der Waals surface area (Å²) in [6.07, 6.45) is 6.65. The van der Waals surface area contributed by atoms with Crippen LogP contribution in [0.15, 0.2) is 36.5 Å². The van der Waals surface area contributed by atoms with Crippen molar-refractivity contribution in [2.45, 2.75) is 25.7 Å². The third-order valence-corrected chi connectivity index (χ3v) is 3.56. The Morgan fingerprint density at radius 2 is 1.94 bits per heavy atom. The lowest BCUT2D eigenvalue weighted by Crippen LogP contribution is -2.23. The number of hydrogen-bond donors (Lipinski definition) is 1. The van der Waals surface area contributed by atoms with Crippen molar-refractivity contribution in [1.29, 1.82) is 0 Å². The minimum Gasteiger partial charge on any atom is -0.331 e. The third-order valence-electron chi connectivity index (χ3n) is 3.28. The molecular formula is C14H15N3S. The van der Waals surface area contributed by atoms with Crippen molar-refractivity contribution in [2.24, 2.45) is 0 Å². The molecule has 1 aliphatic rings. The highest BCUT2D eigenvalue weighted by Gasteiger charge is 2.17. The van der Waals surface area contributed by atoms with E-state index in [2.05, 4.69) is 10.4 Å². The van der Waals surface area contributed by atoms with Crippen molar-refractivity contribution in [3.63, 3.8) is 0 Å². The average Bonchev–Trinajstić information content (AvgIpc) is 2.84. The molecule has 0 saturated heterocycles. The Hall–Kier alpha value is -1.68. The third kappa shape index (κ3) is 2.16. The molecule has 0 radical (unpaired) electrons. The molecule has 18 heavy (non-hydrogen) atoms. The van der Waals surface area contributed by atoms with Crippen LogP contribution in [-0.4, -0.2) is 14.9 Å². The van der Waals surface area contributed by atoms with Crippen LogP contribution in [0.4, 0.5) is 5.69 Å². The van der Waals surface area contributed by atoms with Crippen molar-refractivity contribution in [3.8, 4) is 0 Å². The molecule has 2 aromatic rings. The van der Waals surface area contributed by atoms with Crippen molar-refractivity contribution in [3.05, 3.63) is 47.8 Å². The number of hydrogen-bond acceptors (Lipinski definition) is 2. The fraction of sp³-hybridized carbons (Fsp3) is 0.286. The number of para-hydroxylation sites is 1. The number of rotatable bonds is 1. The molecule has 1 aliphatic carbocycles. The van der Waals surface area contributed by atoms with E-state index in [-0.39, 0.29) is 0 Å². The van der Waals surface area contributed by atoms with Gasteiger partial charge < -0.3 is 5.32 Å². The maximum atomic E-state index is 5.43. The zero-order valence-corrected chi connectivity index (χ0v) is 10.9. The second-order valence-electron chi connectivity index (χ2n) is 4.53. The molecule has 0 spiro atoms. The summed E-state index contributed by atoms with van der Waals surface area (Å²) in [6, 6.07) is 9.97. The van der Waals surface area contributed by atoms with Gasteiger partial charge in [-0.3, -0.25) is 0 Å². The zero-order valence-electron chi connectivity index (χ0n) is 10.1. The molecule has 1 heterocycles. The molecule has 3 nitrogen and oxygen atoms in total. The SMILES string of the molecule is S=C(Nc1ccccc1)n1ncc2c1CCCC2. The van der Waals surface area contributed by atoms with Crippen molar-refractivity contribution in [2.75, 3.05) is 5.32 Å². The van der Waals surface area contributed by atoms with Crippen molar-refractivity contribution < 1.29 is 0 Å². The lowest BCUT2D eigenvalue weighted by molar-refractivity contribution is 0.662. The highest BCUT2D eigenvalue weighted by Crippen LogP contribution is 2.20. The van der Waals surface area contributed by atoms with Gasteiger partial charge in [-0.25, -0.2) is 4.68 Å². The summed E-state index contributed by atoms with van der Waals surface area (Å²) in [4.78, 5) is 0. The van der Waals surface area contributed by atoms with E-state index in [4.69, 9.17) is 12.2 Å². The Bertz CT molecular complexity index is 560. The summed E-state index contributed by atoms with van der Waals surface area (Å²) < 4.78 is 1.87. The standard InChI is InChI=1S/C14H15N3S/c18-14(16-12-7-2-1-3-8-12)17-13-9-5-4-6-11(13)10-15-17/h1-3,7-8,10H,4-6,9H2,(H,16,18). The molecule has 0 atom stereocenters. The molecule has 0 saturated carbocycles. The largest absolute Gasteiger partial charge is 0.331 e. The molecule has 3 rings (SSSR count). The van der Waals surface area contributed by atoms with Gasteiger partial charge in [-0.15, -0.1) is 0 Å². The number of anilines is 1. The number of fused-ring (bicyclic) bond motifs is 1. The van der Waals surface area contributed by atoms with Gasteiger partial charge in [0, 0.05) is 11.4 Å². The summed E-state index contributed by atoms with van der Waals surface area (Å²) in [7, 11) is 0. The lowest BCUT2D eigenvalue weighted by Gasteiger charge is -2.15. The predicted octanol–water partition coefficient (Wildman–Crippen LogP) is 3.01. The van der Waals surface area contributed by atoms with Gasteiger partial charge in [-0.2, -0.15) is 5.10 Å². The van der Waals surface area contributed by atoms with Gasteiger partial charge in [0.05, 0.1) is 6.20 Å². The zero-order chi connectivity index (χ0) is 12.4. The predicted molar refractivity (Wildman–Crippen MR) is 76.9 cm³/mol. The van der Waals surface area contributed by atoms with Gasteiger partial charge in [-0.1, -0.05) is 18.2 Å². The maximum Gasteiger partial charge on any atom is 0.198 e. The molecule has 0 unspecified atom stereocenters. The number of aromatic nitrogens is 2. The number of nitrogens with one attached hydrogen (secondary N) is 1. The molecule has 1 aromatic heterocycles. The smallest absolute Gasteiger partial charge is 0.198 e. The van der Waals surface area contributed by atoms with Gasteiger partial charge in [-0.05, 0) is 55.6 Å². The molecule has 4 heteroatoms. The molecule has 0 bridgehead atoms. The highest BCUT2D eigenvalue weighted by molar-refractivity contribution is 7.80. The van der Waals surface area contributed by atoms with Crippen LogP contribution in [0.5, 0.6) is 0 Å². The molecule has 0 amide bonds.